The minimum Gasteiger partial charge on any atom is -0.342 e. The SMILES string of the molecule is C/C=C/C[C@@H](C)C(=O)[C@H]1C(=O)N[C@@H](C(C)C)C(=O)N(C)CC(=O)N(C)[C@@H](CC(C)C)C(=O)C[C@@H](C(C)C)C(=O)N(C)[C@@H](CC(C)C)C(=O)C[C@@H](C)C(=O)C[C@H](C)C(=O)N(C)[C@@H](CC(C)C)C(=O)N(C)[C@@H](CC(C)C)C(=O)N(C)[C@@H](C(C)C)C(=O)N1C. The monoisotopic (exact) mass is 1210 g/mol. The molecule has 20 nitrogen and oxygen atoms in total. The molecule has 1 fully saturated rings. The molecule has 11 atom stereocenters. The molecule has 0 aliphatic carbocycles. The zero-order valence-corrected chi connectivity index (χ0v) is 57.4. The summed E-state index contributed by atoms with van der Waals surface area (Å²) in [6, 6.07) is -8.62. The smallest absolute Gasteiger partial charge is 0.251 e. The van der Waals surface area contributed by atoms with Crippen molar-refractivity contribution in [2.75, 3.05) is 55.9 Å². The van der Waals surface area contributed by atoms with Crippen molar-refractivity contribution in [3.05, 3.63) is 12.2 Å². The van der Waals surface area contributed by atoms with E-state index in [2.05, 4.69) is 5.32 Å². The van der Waals surface area contributed by atoms with Gasteiger partial charge in [-0.1, -0.05) is 130 Å². The predicted octanol–water partition coefficient (Wildman–Crippen LogP) is 7.00. The zero-order chi connectivity index (χ0) is 66.8. The second-order valence-corrected chi connectivity index (χ2v) is 27.6. The summed E-state index contributed by atoms with van der Waals surface area (Å²) in [5, 5.41) is 2.75. The zero-order valence-electron chi connectivity index (χ0n) is 57.4. The number of Topliss-reactive ketones (excluding diaryl/α,β-unsaturated/α-hetero) is 4. The minimum absolute atomic E-state index is 0.0582. The number of nitrogens with zero attached hydrogens (tertiary/aromatic N) is 7. The molecule has 0 spiro atoms. The second kappa shape index (κ2) is 35.2. The van der Waals surface area contributed by atoms with E-state index in [1.165, 1.54) is 73.8 Å². The Hall–Kier alpha value is -5.82. The van der Waals surface area contributed by atoms with Crippen LogP contribution in [-0.4, -0.2) is 203 Å². The van der Waals surface area contributed by atoms with Gasteiger partial charge in [0, 0.05) is 92.3 Å². The van der Waals surface area contributed by atoms with E-state index in [4.69, 9.17) is 0 Å². The Bertz CT molecular complexity index is 2400. The molecule has 86 heavy (non-hydrogen) atoms. The quantitative estimate of drug-likeness (QED) is 0.129. The normalized spacial score (nSPS) is 26.7. The van der Waals surface area contributed by atoms with Gasteiger partial charge in [-0.15, -0.1) is 0 Å². The van der Waals surface area contributed by atoms with Gasteiger partial charge >= 0.3 is 0 Å². The molecule has 1 aliphatic heterocycles. The summed E-state index contributed by atoms with van der Waals surface area (Å²) in [5.41, 5.74) is 0. The third kappa shape index (κ3) is 21.8. The Kier molecular flexibility index (Phi) is 32.0. The van der Waals surface area contributed by atoms with Crippen LogP contribution in [-0.2, 0) is 57.5 Å². The van der Waals surface area contributed by atoms with Crippen LogP contribution in [0.4, 0.5) is 0 Å². The molecule has 0 unspecified atom stereocenters. The van der Waals surface area contributed by atoms with Crippen molar-refractivity contribution < 1.29 is 57.5 Å². The number of carbonyl (C=O) groups excluding carboxylic acids is 12. The number of likely N-dealkylation sites (N-methyl/N-ethyl adjacent to an activating group) is 7. The average molecular weight is 1210 g/mol. The lowest BCUT2D eigenvalue weighted by molar-refractivity contribution is -0.157. The fourth-order valence-corrected chi connectivity index (χ4v) is 11.4. The first-order valence-electron chi connectivity index (χ1n) is 31.5. The van der Waals surface area contributed by atoms with Crippen molar-refractivity contribution in [2.24, 2.45) is 65.1 Å². The number of nitrogens with one attached hydrogen (secondary N) is 1. The van der Waals surface area contributed by atoms with Crippen molar-refractivity contribution in [1.29, 1.82) is 0 Å². The number of hydrogen-bond acceptors (Lipinski definition) is 12. The molecule has 1 N–H and O–H groups in total. The van der Waals surface area contributed by atoms with Gasteiger partial charge in [-0.25, -0.2) is 0 Å². The Morgan fingerprint density at radius 3 is 1.33 bits per heavy atom. The third-order valence-electron chi connectivity index (χ3n) is 17.0. The lowest BCUT2D eigenvalue weighted by Gasteiger charge is -2.41. The molecule has 20 heteroatoms. The third-order valence-corrected chi connectivity index (χ3v) is 17.0. The van der Waals surface area contributed by atoms with Crippen LogP contribution >= 0.6 is 0 Å². The highest BCUT2D eigenvalue weighted by atomic mass is 16.2. The van der Waals surface area contributed by atoms with Gasteiger partial charge < -0.3 is 39.6 Å². The second-order valence-electron chi connectivity index (χ2n) is 27.6. The van der Waals surface area contributed by atoms with Gasteiger partial charge in [-0.2, -0.15) is 0 Å². The standard InChI is InChI=1S/C66H114N8O12/c1-26-27-28-44(16)59(79)58-60(80)67-56(42(12)13)65(85)68(19)36-55(78)69(20)48(29-37(2)3)54(77)35-47(41(10)11)62(82)70(21)49(30-38(4)5)53(76)33-45(17)52(75)34-46(18)61(81)71(22)50(31-39(6)7)63(83)72(23)51(32-40(8)9)64(84)73(24)57(43(14)15)66(86)74(58)25/h26-27,37-51,56-58H,28-36H2,1-25H3,(H,67,80)/b27-26+/t44-,45-,46+,47+,48+,49+,50+,51+,56+,57+,58+/m1/s1. The number of rotatable bonds is 15. The molecule has 1 aliphatic rings. The van der Waals surface area contributed by atoms with Crippen LogP contribution < -0.4 is 5.32 Å². The van der Waals surface area contributed by atoms with Crippen LogP contribution in [0.1, 0.15) is 176 Å². The maximum absolute atomic E-state index is 15.2. The summed E-state index contributed by atoms with van der Waals surface area (Å²) in [6.07, 6.45) is 3.82. The Balaban J connectivity index is 4.37. The van der Waals surface area contributed by atoms with Crippen molar-refractivity contribution in [3.63, 3.8) is 0 Å². The van der Waals surface area contributed by atoms with Crippen LogP contribution in [0.15, 0.2) is 12.2 Å². The fraction of sp³-hybridized carbons (Fsp3) is 0.788. The summed E-state index contributed by atoms with van der Waals surface area (Å²) < 4.78 is 0. The maximum Gasteiger partial charge on any atom is 0.251 e. The molecular weight excluding hydrogens is 1100 g/mol. The highest BCUT2D eigenvalue weighted by Gasteiger charge is 2.46. The molecule has 0 aromatic rings. The van der Waals surface area contributed by atoms with Gasteiger partial charge in [0.1, 0.15) is 30.0 Å². The van der Waals surface area contributed by atoms with Crippen LogP contribution in [0.3, 0.4) is 0 Å². The molecule has 1 rings (SSSR count). The molecule has 8 amide bonds. The van der Waals surface area contributed by atoms with Crippen LogP contribution in [0.5, 0.6) is 0 Å². The molecule has 490 valence electrons. The molecule has 1 heterocycles. The number of ketones is 4. The van der Waals surface area contributed by atoms with Gasteiger partial charge in [0.15, 0.2) is 23.4 Å². The van der Waals surface area contributed by atoms with Gasteiger partial charge in [0.2, 0.25) is 41.4 Å². The van der Waals surface area contributed by atoms with E-state index >= 15 is 14.4 Å². The Morgan fingerprint density at radius 1 is 0.465 bits per heavy atom. The van der Waals surface area contributed by atoms with Crippen LogP contribution in [0.25, 0.3) is 0 Å². The summed E-state index contributed by atoms with van der Waals surface area (Å²) in [6.45, 7) is 31.7. The Labute approximate surface area is 517 Å². The summed E-state index contributed by atoms with van der Waals surface area (Å²) in [5.74, 6) is -12.4. The molecule has 0 radical (unpaired) electrons. The fourth-order valence-electron chi connectivity index (χ4n) is 11.4. The van der Waals surface area contributed by atoms with Gasteiger partial charge in [-0.3, -0.25) is 57.5 Å². The Morgan fingerprint density at radius 2 is 0.884 bits per heavy atom. The van der Waals surface area contributed by atoms with E-state index in [9.17, 15) is 43.2 Å². The van der Waals surface area contributed by atoms with E-state index in [0.29, 0.717) is 0 Å². The van der Waals surface area contributed by atoms with Gasteiger partial charge in [0.05, 0.1) is 18.6 Å². The van der Waals surface area contributed by atoms with Gasteiger partial charge in [-0.05, 0) is 80.5 Å². The van der Waals surface area contributed by atoms with Crippen LogP contribution in [0.2, 0.25) is 0 Å². The van der Waals surface area contributed by atoms with Crippen molar-refractivity contribution in [1.82, 2.24) is 39.6 Å². The number of hydrogen-bond donors (Lipinski definition) is 1. The average Bonchev–Trinajstić information content (AvgIpc) is 2.16. The first-order chi connectivity index (χ1) is 39.6. The maximum atomic E-state index is 15.2. The molecular formula is C66H114N8O12. The van der Waals surface area contributed by atoms with Crippen LogP contribution in [0, 0.1) is 65.1 Å². The number of amides is 8. The highest BCUT2D eigenvalue weighted by Crippen LogP contribution is 2.29. The highest BCUT2D eigenvalue weighted by molar-refractivity contribution is 6.10. The molecule has 0 aromatic carbocycles. The molecule has 0 bridgehead atoms. The largest absolute Gasteiger partial charge is 0.342 e. The predicted molar refractivity (Wildman–Crippen MR) is 336 cm³/mol. The van der Waals surface area contributed by atoms with E-state index < -0.39 is 143 Å². The molecule has 0 saturated carbocycles. The number of allylic oxidation sites excluding steroid dienone is 2. The van der Waals surface area contributed by atoms with Crippen molar-refractivity contribution >= 4 is 70.4 Å². The van der Waals surface area contributed by atoms with E-state index in [1.807, 2.05) is 55.4 Å². The van der Waals surface area contributed by atoms with Crippen molar-refractivity contribution in [3.8, 4) is 0 Å². The molecule has 1 saturated heterocycles. The lowest BCUT2D eigenvalue weighted by atomic mass is 9.84. The van der Waals surface area contributed by atoms with Crippen molar-refractivity contribution in [2.45, 2.75) is 218 Å². The molecule has 0 aromatic heterocycles. The van der Waals surface area contributed by atoms with E-state index in [-0.39, 0.29) is 92.5 Å². The number of carbonyl (C=O) groups is 12. The topological polar surface area (TPSA) is 240 Å². The van der Waals surface area contributed by atoms with Gasteiger partial charge in [0.25, 0.3) is 5.91 Å². The summed E-state index contributed by atoms with van der Waals surface area (Å²) in [7, 11) is 10.1. The first kappa shape index (κ1) is 78.2. The minimum atomic E-state index is -1.80. The van der Waals surface area contributed by atoms with E-state index in [1.54, 1.807) is 81.4 Å². The first-order valence-corrected chi connectivity index (χ1v) is 31.5. The summed E-state index contributed by atoms with van der Waals surface area (Å²) in [4.78, 5) is 185. The van der Waals surface area contributed by atoms with E-state index in [0.717, 1.165) is 9.80 Å². The lowest BCUT2D eigenvalue weighted by Crippen LogP contribution is -2.63. The summed E-state index contributed by atoms with van der Waals surface area (Å²) >= 11 is 0.